The summed E-state index contributed by atoms with van der Waals surface area (Å²) < 4.78 is 53.0. The van der Waals surface area contributed by atoms with E-state index in [4.69, 9.17) is 0 Å². The van der Waals surface area contributed by atoms with Crippen LogP contribution in [0.1, 0.15) is 11.4 Å². The van der Waals surface area contributed by atoms with Gasteiger partial charge in [-0.3, -0.25) is 4.57 Å². The zero-order valence-electron chi connectivity index (χ0n) is 10.8. The van der Waals surface area contributed by atoms with Gasteiger partial charge in [0, 0.05) is 0 Å². The fourth-order valence-electron chi connectivity index (χ4n) is 2.16. The Hall–Kier alpha value is -2.23. The molecular formula is C12H8F4N4OS. The van der Waals surface area contributed by atoms with Crippen LogP contribution < -0.4 is 5.69 Å². The van der Waals surface area contributed by atoms with E-state index in [1.807, 2.05) is 0 Å². The van der Waals surface area contributed by atoms with Gasteiger partial charge in [-0.15, -0.1) is 10.2 Å². The van der Waals surface area contributed by atoms with Crippen molar-refractivity contribution in [3.63, 3.8) is 0 Å². The second kappa shape index (κ2) is 5.52. The fraction of sp³-hybridized carbons (Fsp3) is 0.250. The number of benzene rings is 1. The monoisotopic (exact) mass is 332 g/mol. The van der Waals surface area contributed by atoms with Crippen LogP contribution in [0.2, 0.25) is 0 Å². The van der Waals surface area contributed by atoms with E-state index in [0.717, 1.165) is 10.6 Å². The van der Waals surface area contributed by atoms with E-state index in [1.165, 1.54) is 6.07 Å². The summed E-state index contributed by atoms with van der Waals surface area (Å²) >= 11 is 0.524. The summed E-state index contributed by atoms with van der Waals surface area (Å²) in [6.45, 7) is -1.11. The molecule has 0 saturated heterocycles. The Bertz CT molecular complexity index is 885. The highest BCUT2D eigenvalue weighted by Crippen LogP contribution is 2.34. The molecule has 3 rings (SSSR count). The van der Waals surface area contributed by atoms with Crippen LogP contribution in [0.15, 0.2) is 16.9 Å². The van der Waals surface area contributed by atoms with Crippen LogP contribution in [0.3, 0.4) is 0 Å². The van der Waals surface area contributed by atoms with E-state index in [1.54, 1.807) is 0 Å². The Balaban J connectivity index is 2.31. The van der Waals surface area contributed by atoms with Crippen molar-refractivity contribution in [3.05, 3.63) is 33.4 Å². The predicted molar refractivity (Wildman–Crippen MR) is 72.4 cm³/mol. The van der Waals surface area contributed by atoms with Crippen molar-refractivity contribution in [1.82, 2.24) is 19.7 Å². The maximum absolute atomic E-state index is 14.2. The molecule has 0 fully saturated rings. The number of aromatic amines is 1. The zero-order chi connectivity index (χ0) is 15.9. The molecule has 0 aliphatic rings. The van der Waals surface area contributed by atoms with Crippen LogP contribution in [0.5, 0.6) is 0 Å². The molecule has 0 radical (unpaired) electrons. The smallest absolute Gasteiger partial charge is 0.306 e. The minimum Gasteiger partial charge on any atom is -0.306 e. The molecule has 2 heterocycles. The summed E-state index contributed by atoms with van der Waals surface area (Å²) in [4.78, 5) is 14.3. The lowest BCUT2D eigenvalue weighted by molar-refractivity contribution is 0.150. The maximum atomic E-state index is 14.2. The Morgan fingerprint density at radius 2 is 2.09 bits per heavy atom. The van der Waals surface area contributed by atoms with Gasteiger partial charge in [-0.25, -0.2) is 22.4 Å². The van der Waals surface area contributed by atoms with Gasteiger partial charge in [0.05, 0.1) is 23.1 Å². The number of nitrogens with one attached hydrogen (secondary N) is 1. The van der Waals surface area contributed by atoms with Crippen molar-refractivity contribution in [3.8, 4) is 10.6 Å². The quantitative estimate of drug-likeness (QED) is 0.747. The molecule has 1 aromatic carbocycles. The van der Waals surface area contributed by atoms with Crippen molar-refractivity contribution < 1.29 is 17.6 Å². The van der Waals surface area contributed by atoms with Crippen molar-refractivity contribution in [1.29, 1.82) is 0 Å². The molecular weight excluding hydrogens is 324 g/mol. The van der Waals surface area contributed by atoms with Gasteiger partial charge >= 0.3 is 5.69 Å². The van der Waals surface area contributed by atoms with E-state index in [0.29, 0.717) is 11.3 Å². The number of fused-ring (bicyclic) bond motifs is 1. The van der Waals surface area contributed by atoms with Gasteiger partial charge in [0.25, 0.3) is 6.43 Å². The molecule has 0 aliphatic carbocycles. The molecule has 10 heteroatoms. The van der Waals surface area contributed by atoms with Gasteiger partial charge in [-0.2, -0.15) is 0 Å². The first-order valence-electron chi connectivity index (χ1n) is 6.12. The van der Waals surface area contributed by atoms with Crippen molar-refractivity contribution in [2.75, 3.05) is 6.67 Å². The van der Waals surface area contributed by atoms with E-state index in [-0.39, 0.29) is 28.1 Å². The van der Waals surface area contributed by atoms with Crippen LogP contribution in [0.25, 0.3) is 21.6 Å². The molecule has 0 bridgehead atoms. The number of halogens is 4. The van der Waals surface area contributed by atoms with Crippen molar-refractivity contribution >= 4 is 22.4 Å². The zero-order valence-corrected chi connectivity index (χ0v) is 11.6. The summed E-state index contributed by atoms with van der Waals surface area (Å²) in [6.07, 6.45) is -2.83. The summed E-state index contributed by atoms with van der Waals surface area (Å²) in [7, 11) is 0. The number of aromatic nitrogens is 4. The fourth-order valence-corrected chi connectivity index (χ4v) is 2.90. The normalized spacial score (nSPS) is 11.7. The minimum absolute atomic E-state index is 0.0830. The van der Waals surface area contributed by atoms with Gasteiger partial charge < -0.3 is 4.98 Å². The lowest BCUT2D eigenvalue weighted by Crippen LogP contribution is -2.17. The molecule has 0 aliphatic heterocycles. The van der Waals surface area contributed by atoms with Gasteiger partial charge in [0.2, 0.25) is 0 Å². The van der Waals surface area contributed by atoms with Crippen LogP contribution in [0.4, 0.5) is 17.6 Å². The number of imidazole rings is 1. The molecule has 0 saturated carbocycles. The molecule has 116 valence electrons. The number of rotatable bonds is 4. The number of hydrogen-bond donors (Lipinski definition) is 1. The highest BCUT2D eigenvalue weighted by Gasteiger charge is 2.22. The Labute approximate surface area is 124 Å². The predicted octanol–water partition coefficient (Wildman–Crippen LogP) is 2.89. The minimum atomic E-state index is -2.83. The van der Waals surface area contributed by atoms with Crippen molar-refractivity contribution in [2.45, 2.75) is 13.0 Å². The van der Waals surface area contributed by atoms with Crippen LogP contribution in [-0.4, -0.2) is 26.4 Å². The second-order valence-electron chi connectivity index (χ2n) is 4.34. The first-order valence-corrected chi connectivity index (χ1v) is 6.93. The van der Waals surface area contributed by atoms with Gasteiger partial charge in [-0.05, 0) is 12.1 Å². The SMILES string of the molecule is O=c1[nH]c2ccc(F)c(-c3nnc(C(F)F)s3)c2n1CCF. The van der Waals surface area contributed by atoms with Gasteiger partial charge in [0.15, 0.2) is 10.0 Å². The highest BCUT2D eigenvalue weighted by atomic mass is 32.1. The summed E-state index contributed by atoms with van der Waals surface area (Å²) in [5.74, 6) is -0.754. The molecule has 0 amide bonds. The molecule has 0 unspecified atom stereocenters. The van der Waals surface area contributed by atoms with Crippen molar-refractivity contribution in [2.24, 2.45) is 0 Å². The van der Waals surface area contributed by atoms with E-state index in [2.05, 4.69) is 15.2 Å². The van der Waals surface area contributed by atoms with Gasteiger partial charge in [-0.1, -0.05) is 11.3 Å². The third-order valence-electron chi connectivity index (χ3n) is 3.03. The second-order valence-corrected chi connectivity index (χ2v) is 5.34. The molecule has 22 heavy (non-hydrogen) atoms. The van der Waals surface area contributed by atoms with E-state index < -0.39 is 29.6 Å². The van der Waals surface area contributed by atoms with E-state index >= 15 is 0 Å². The third kappa shape index (κ3) is 2.28. The van der Waals surface area contributed by atoms with E-state index in [9.17, 15) is 22.4 Å². The lowest BCUT2D eigenvalue weighted by atomic mass is 10.1. The Kier molecular flexibility index (Phi) is 3.69. The first kappa shape index (κ1) is 14.7. The molecule has 5 nitrogen and oxygen atoms in total. The number of alkyl halides is 3. The summed E-state index contributed by atoms with van der Waals surface area (Å²) in [6, 6.07) is 2.40. The Morgan fingerprint density at radius 1 is 1.32 bits per heavy atom. The largest absolute Gasteiger partial charge is 0.326 e. The number of nitrogens with zero attached hydrogens (tertiary/aromatic N) is 3. The lowest BCUT2D eigenvalue weighted by Gasteiger charge is -2.05. The topological polar surface area (TPSA) is 63.6 Å². The third-order valence-corrected chi connectivity index (χ3v) is 3.98. The van der Waals surface area contributed by atoms with Crippen LogP contribution in [0, 0.1) is 5.82 Å². The number of hydrogen-bond acceptors (Lipinski definition) is 4. The Morgan fingerprint density at radius 3 is 2.73 bits per heavy atom. The molecule has 2 aromatic heterocycles. The first-order chi connectivity index (χ1) is 10.5. The summed E-state index contributed by atoms with van der Waals surface area (Å²) in [5.41, 5.74) is -0.407. The van der Waals surface area contributed by atoms with Gasteiger partial charge in [0.1, 0.15) is 12.5 Å². The maximum Gasteiger partial charge on any atom is 0.326 e. The molecule has 3 aromatic rings. The highest BCUT2D eigenvalue weighted by molar-refractivity contribution is 7.14. The van der Waals surface area contributed by atoms with Crippen LogP contribution >= 0.6 is 11.3 Å². The number of aryl methyl sites for hydroxylation is 1. The summed E-state index contributed by atoms with van der Waals surface area (Å²) in [5, 5.41) is 6.21. The average molecular weight is 332 g/mol. The average Bonchev–Trinajstić information content (AvgIpc) is 3.06. The number of H-pyrrole nitrogens is 1. The standard InChI is InChI=1S/C12H8F4N4OS/c13-3-4-20-8-6(17-12(20)21)2-1-5(14)7(8)10-18-19-11(22-10)9(15)16/h1-2,9H,3-4H2,(H,17,21). The molecule has 1 N–H and O–H groups in total. The van der Waals surface area contributed by atoms with Crippen LogP contribution in [-0.2, 0) is 6.54 Å². The molecule has 0 spiro atoms. The molecule has 0 atom stereocenters.